The molecule has 1 saturated heterocycles. The molecule has 3 unspecified atom stereocenters. The molecule has 4 nitrogen and oxygen atoms in total. The van der Waals surface area contributed by atoms with Crippen LogP contribution in [0.2, 0.25) is 0 Å². The molecule has 1 aliphatic heterocycles. The zero-order valence-electron chi connectivity index (χ0n) is 10.4. The molecular weight excluding hydrogens is 214 g/mol. The van der Waals surface area contributed by atoms with Crippen molar-refractivity contribution in [3.63, 3.8) is 0 Å². The molecule has 0 spiro atoms. The number of nitrogens with one attached hydrogen (secondary N) is 1. The Balaban J connectivity index is 1.46. The monoisotopic (exact) mass is 237 g/mol. The molecule has 0 aromatic rings. The highest BCUT2D eigenvalue weighted by molar-refractivity contribution is 5.79. The van der Waals surface area contributed by atoms with E-state index >= 15 is 0 Å². The van der Waals surface area contributed by atoms with Crippen molar-refractivity contribution in [3.8, 4) is 0 Å². The second kappa shape index (κ2) is 4.58. The van der Waals surface area contributed by atoms with Gasteiger partial charge in [-0.3, -0.25) is 4.79 Å². The van der Waals surface area contributed by atoms with Gasteiger partial charge in [0.25, 0.3) is 0 Å². The maximum Gasteiger partial charge on any atom is 0.234 e. The lowest BCUT2D eigenvalue weighted by Gasteiger charge is -2.28. The number of hydrogen-bond donors (Lipinski definition) is 2. The fraction of sp³-hybridized carbons (Fsp3) is 0.923. The Hall–Kier alpha value is -0.610. The van der Waals surface area contributed by atoms with Crippen LogP contribution in [0.3, 0.4) is 0 Å². The van der Waals surface area contributed by atoms with Gasteiger partial charge in [-0.25, -0.2) is 0 Å². The SMILES string of the molecule is NC(=O)C(CCN1CC2CCC1C2)NC1CC1. The Morgan fingerprint density at radius 1 is 1.35 bits per heavy atom. The summed E-state index contributed by atoms with van der Waals surface area (Å²) in [5.41, 5.74) is 5.45. The van der Waals surface area contributed by atoms with Crippen molar-refractivity contribution in [2.24, 2.45) is 11.7 Å². The van der Waals surface area contributed by atoms with Crippen LogP contribution < -0.4 is 11.1 Å². The van der Waals surface area contributed by atoms with E-state index in [4.69, 9.17) is 5.73 Å². The van der Waals surface area contributed by atoms with Crippen LogP contribution in [0.25, 0.3) is 0 Å². The number of fused-ring (bicyclic) bond motifs is 2. The van der Waals surface area contributed by atoms with E-state index in [-0.39, 0.29) is 11.9 Å². The second-order valence-corrected chi connectivity index (χ2v) is 6.01. The molecule has 2 bridgehead atoms. The maximum absolute atomic E-state index is 11.4. The quantitative estimate of drug-likeness (QED) is 0.706. The van der Waals surface area contributed by atoms with Gasteiger partial charge in [0, 0.05) is 25.2 Å². The molecule has 4 heteroatoms. The average molecular weight is 237 g/mol. The molecule has 17 heavy (non-hydrogen) atoms. The minimum absolute atomic E-state index is 0.110. The smallest absolute Gasteiger partial charge is 0.234 e. The summed E-state index contributed by atoms with van der Waals surface area (Å²) in [6.45, 7) is 2.29. The molecule has 2 aliphatic carbocycles. The Kier molecular flexibility index (Phi) is 3.09. The van der Waals surface area contributed by atoms with Crippen LogP contribution in [0.5, 0.6) is 0 Å². The number of likely N-dealkylation sites (tertiary alicyclic amines) is 1. The first-order valence-electron chi connectivity index (χ1n) is 7.02. The van der Waals surface area contributed by atoms with Gasteiger partial charge in [-0.2, -0.15) is 0 Å². The second-order valence-electron chi connectivity index (χ2n) is 6.01. The normalized spacial score (nSPS) is 34.1. The molecule has 3 N–H and O–H groups in total. The number of amides is 1. The number of piperidine rings is 1. The van der Waals surface area contributed by atoms with Crippen LogP contribution in [0.4, 0.5) is 0 Å². The predicted molar refractivity (Wildman–Crippen MR) is 66.5 cm³/mol. The molecule has 3 aliphatic rings. The molecule has 3 rings (SSSR count). The first-order valence-corrected chi connectivity index (χ1v) is 7.02. The fourth-order valence-corrected chi connectivity index (χ4v) is 3.44. The summed E-state index contributed by atoms with van der Waals surface area (Å²) in [6.07, 6.45) is 7.46. The highest BCUT2D eigenvalue weighted by atomic mass is 16.1. The summed E-state index contributed by atoms with van der Waals surface area (Å²) in [5.74, 6) is 0.754. The van der Waals surface area contributed by atoms with Crippen LogP contribution in [-0.2, 0) is 4.79 Å². The standard InChI is InChI=1S/C13H23N3O/c14-13(17)12(15-10-2-3-10)5-6-16-8-9-1-4-11(16)7-9/h9-12,15H,1-8H2,(H2,14,17). The van der Waals surface area contributed by atoms with Crippen LogP contribution in [0.15, 0.2) is 0 Å². The minimum Gasteiger partial charge on any atom is -0.368 e. The van der Waals surface area contributed by atoms with E-state index in [2.05, 4.69) is 10.2 Å². The average Bonchev–Trinajstić information content (AvgIpc) is 2.87. The zero-order chi connectivity index (χ0) is 11.8. The number of rotatable bonds is 6. The van der Waals surface area contributed by atoms with Crippen LogP contribution >= 0.6 is 0 Å². The van der Waals surface area contributed by atoms with E-state index in [1.54, 1.807) is 0 Å². The Morgan fingerprint density at radius 3 is 2.71 bits per heavy atom. The van der Waals surface area contributed by atoms with Crippen LogP contribution in [0, 0.1) is 5.92 Å². The summed E-state index contributed by atoms with van der Waals surface area (Å²) in [6, 6.07) is 1.25. The molecule has 1 heterocycles. The van der Waals surface area contributed by atoms with Gasteiger partial charge in [-0.15, -0.1) is 0 Å². The van der Waals surface area contributed by atoms with Gasteiger partial charge in [0.2, 0.25) is 5.91 Å². The van der Waals surface area contributed by atoms with Crippen molar-refractivity contribution >= 4 is 5.91 Å². The number of nitrogens with two attached hydrogens (primary N) is 1. The molecule has 0 aromatic heterocycles. The summed E-state index contributed by atoms with van der Waals surface area (Å²) in [4.78, 5) is 13.9. The van der Waals surface area contributed by atoms with E-state index in [0.717, 1.165) is 24.9 Å². The molecule has 3 fully saturated rings. The summed E-state index contributed by atoms with van der Waals surface area (Å²) >= 11 is 0. The maximum atomic E-state index is 11.4. The summed E-state index contributed by atoms with van der Waals surface area (Å²) in [7, 11) is 0. The van der Waals surface area contributed by atoms with Crippen molar-refractivity contribution in [1.82, 2.24) is 10.2 Å². The lowest BCUT2D eigenvalue weighted by atomic mass is 10.1. The molecule has 3 atom stereocenters. The highest BCUT2D eigenvalue weighted by Gasteiger charge is 2.38. The largest absolute Gasteiger partial charge is 0.368 e. The van der Waals surface area contributed by atoms with E-state index in [0.29, 0.717) is 6.04 Å². The van der Waals surface area contributed by atoms with Gasteiger partial charge >= 0.3 is 0 Å². The summed E-state index contributed by atoms with van der Waals surface area (Å²) in [5, 5.41) is 3.36. The van der Waals surface area contributed by atoms with Crippen molar-refractivity contribution in [2.45, 2.75) is 56.7 Å². The van der Waals surface area contributed by atoms with Gasteiger partial charge in [0.1, 0.15) is 0 Å². The van der Waals surface area contributed by atoms with Gasteiger partial charge < -0.3 is 16.0 Å². The Labute approximate surface area is 103 Å². The minimum atomic E-state index is -0.179. The predicted octanol–water partition coefficient (Wildman–Crippen LogP) is 0.467. The Bertz CT molecular complexity index is 303. The zero-order valence-corrected chi connectivity index (χ0v) is 10.4. The number of carbonyl (C=O) groups excluding carboxylic acids is 1. The lowest BCUT2D eigenvalue weighted by molar-refractivity contribution is -0.120. The third-order valence-corrected chi connectivity index (χ3v) is 4.59. The van der Waals surface area contributed by atoms with E-state index < -0.39 is 0 Å². The number of hydrogen-bond acceptors (Lipinski definition) is 3. The first kappa shape index (κ1) is 11.5. The van der Waals surface area contributed by atoms with Crippen LogP contribution in [-0.4, -0.2) is 42.0 Å². The topological polar surface area (TPSA) is 58.4 Å². The molecule has 1 amide bonds. The number of primary amides is 1. The lowest BCUT2D eigenvalue weighted by Crippen LogP contribution is -2.45. The van der Waals surface area contributed by atoms with Gasteiger partial charge in [-0.1, -0.05) is 0 Å². The Morgan fingerprint density at radius 2 is 2.18 bits per heavy atom. The molecular formula is C13H23N3O. The molecule has 2 saturated carbocycles. The van der Waals surface area contributed by atoms with Gasteiger partial charge in [0.05, 0.1) is 6.04 Å². The van der Waals surface area contributed by atoms with E-state index in [9.17, 15) is 4.79 Å². The summed E-state index contributed by atoms with van der Waals surface area (Å²) < 4.78 is 0. The van der Waals surface area contributed by atoms with E-state index in [1.165, 1.54) is 38.6 Å². The van der Waals surface area contributed by atoms with Crippen molar-refractivity contribution in [1.29, 1.82) is 0 Å². The van der Waals surface area contributed by atoms with Crippen LogP contribution in [0.1, 0.15) is 38.5 Å². The third kappa shape index (κ3) is 2.63. The molecule has 0 aromatic carbocycles. The number of carbonyl (C=O) groups is 1. The van der Waals surface area contributed by atoms with Gasteiger partial charge in [0.15, 0.2) is 0 Å². The molecule has 0 radical (unpaired) electrons. The van der Waals surface area contributed by atoms with Gasteiger partial charge in [-0.05, 0) is 44.4 Å². The number of nitrogens with zero attached hydrogens (tertiary/aromatic N) is 1. The highest BCUT2D eigenvalue weighted by Crippen LogP contribution is 2.37. The van der Waals surface area contributed by atoms with E-state index in [1.807, 2.05) is 0 Å². The van der Waals surface area contributed by atoms with Crippen molar-refractivity contribution < 1.29 is 4.79 Å². The third-order valence-electron chi connectivity index (χ3n) is 4.59. The van der Waals surface area contributed by atoms with Crippen molar-refractivity contribution in [2.75, 3.05) is 13.1 Å². The fourth-order valence-electron chi connectivity index (χ4n) is 3.44. The van der Waals surface area contributed by atoms with Crippen molar-refractivity contribution in [3.05, 3.63) is 0 Å². The molecule has 96 valence electrons. The first-order chi connectivity index (χ1) is 8.22.